The number of benzene rings is 1. The molecule has 0 spiro atoms. The Morgan fingerprint density at radius 3 is 2.79 bits per heavy atom. The molecule has 1 rings (SSSR count). The zero-order valence-corrected chi connectivity index (χ0v) is 9.58. The van der Waals surface area contributed by atoms with Crippen molar-refractivity contribution in [3.05, 3.63) is 28.2 Å². The van der Waals surface area contributed by atoms with Gasteiger partial charge in [0.2, 0.25) is 0 Å². The molecular weight excluding hydrogens is 246 g/mol. The number of anilines is 1. The third-order valence-electron chi connectivity index (χ3n) is 1.91. The molecule has 0 aliphatic rings. The topological polar surface area (TPSA) is 52.5 Å². The van der Waals surface area contributed by atoms with Crippen LogP contribution in [0.25, 0.3) is 0 Å². The van der Waals surface area contributed by atoms with Gasteiger partial charge in [0.15, 0.2) is 0 Å². The molecule has 0 radical (unpaired) electrons. The maximum Gasteiger partial charge on any atom is 0.0942 e. The van der Waals surface area contributed by atoms with E-state index in [1.807, 2.05) is 25.1 Å². The van der Waals surface area contributed by atoms with Gasteiger partial charge in [0.05, 0.1) is 12.7 Å². The molecule has 0 saturated carbocycles. The van der Waals surface area contributed by atoms with Crippen LogP contribution in [0, 0.1) is 6.92 Å². The molecule has 3 N–H and O–H groups in total. The summed E-state index contributed by atoms with van der Waals surface area (Å²) in [7, 11) is 0. The molecule has 4 heteroatoms. The third-order valence-corrected chi connectivity index (χ3v) is 2.80. The minimum atomic E-state index is -0.709. The van der Waals surface area contributed by atoms with Crippen LogP contribution in [0.5, 0.6) is 0 Å². The minimum Gasteiger partial charge on any atom is -0.394 e. The summed E-state index contributed by atoms with van der Waals surface area (Å²) in [5.41, 5.74) is 2.08. The SMILES string of the molecule is Cc1cc(NC[C@@H](O)CO)ccc1Br. The predicted octanol–water partition coefficient (Wildman–Crippen LogP) is 1.52. The van der Waals surface area contributed by atoms with Crippen LogP contribution in [0.1, 0.15) is 5.56 Å². The number of aryl methyl sites for hydroxylation is 1. The number of hydrogen-bond donors (Lipinski definition) is 3. The number of aliphatic hydroxyl groups excluding tert-OH is 2. The zero-order chi connectivity index (χ0) is 10.6. The van der Waals surface area contributed by atoms with Crippen LogP contribution in [0.2, 0.25) is 0 Å². The largest absolute Gasteiger partial charge is 0.394 e. The van der Waals surface area contributed by atoms with Crippen LogP contribution < -0.4 is 5.32 Å². The molecule has 0 amide bonds. The van der Waals surface area contributed by atoms with Crippen molar-refractivity contribution in [2.45, 2.75) is 13.0 Å². The van der Waals surface area contributed by atoms with E-state index in [1.165, 1.54) is 0 Å². The second-order valence-electron chi connectivity index (χ2n) is 3.18. The van der Waals surface area contributed by atoms with E-state index in [2.05, 4.69) is 21.2 Å². The highest BCUT2D eigenvalue weighted by Gasteiger charge is 2.01. The summed E-state index contributed by atoms with van der Waals surface area (Å²) in [6, 6.07) is 5.85. The van der Waals surface area contributed by atoms with E-state index in [1.54, 1.807) is 0 Å². The summed E-state index contributed by atoms with van der Waals surface area (Å²) in [6.07, 6.45) is -0.709. The number of nitrogens with one attached hydrogen (secondary N) is 1. The Morgan fingerprint density at radius 2 is 2.21 bits per heavy atom. The summed E-state index contributed by atoms with van der Waals surface area (Å²) in [5.74, 6) is 0. The van der Waals surface area contributed by atoms with Crippen LogP contribution in [0.3, 0.4) is 0 Å². The lowest BCUT2D eigenvalue weighted by atomic mass is 10.2. The summed E-state index contributed by atoms with van der Waals surface area (Å²) in [6.45, 7) is 2.14. The van der Waals surface area contributed by atoms with E-state index in [-0.39, 0.29) is 6.61 Å². The quantitative estimate of drug-likeness (QED) is 0.769. The second kappa shape index (κ2) is 5.34. The molecule has 0 aromatic heterocycles. The Bertz CT molecular complexity index is 304. The van der Waals surface area contributed by atoms with Gasteiger partial charge in [-0.3, -0.25) is 0 Å². The van der Waals surface area contributed by atoms with Crippen molar-refractivity contribution in [2.24, 2.45) is 0 Å². The lowest BCUT2D eigenvalue weighted by Gasteiger charge is -2.11. The molecule has 0 aliphatic carbocycles. The van der Waals surface area contributed by atoms with Crippen LogP contribution in [0.15, 0.2) is 22.7 Å². The van der Waals surface area contributed by atoms with Gasteiger partial charge in [-0.1, -0.05) is 15.9 Å². The Balaban J connectivity index is 2.55. The molecule has 1 atom stereocenters. The molecule has 3 nitrogen and oxygen atoms in total. The van der Waals surface area contributed by atoms with Gasteiger partial charge in [-0.05, 0) is 30.7 Å². The highest BCUT2D eigenvalue weighted by atomic mass is 79.9. The van der Waals surface area contributed by atoms with Crippen LogP contribution in [0.4, 0.5) is 5.69 Å². The normalized spacial score (nSPS) is 12.6. The van der Waals surface area contributed by atoms with Crippen LogP contribution >= 0.6 is 15.9 Å². The standard InChI is InChI=1S/C10H14BrNO2/c1-7-4-8(2-3-10(7)11)12-5-9(14)6-13/h2-4,9,12-14H,5-6H2,1H3/t9-/m1/s1. The van der Waals surface area contributed by atoms with E-state index in [0.29, 0.717) is 6.54 Å². The molecule has 78 valence electrons. The molecule has 0 saturated heterocycles. The third kappa shape index (κ3) is 3.29. The van der Waals surface area contributed by atoms with Gasteiger partial charge in [-0.25, -0.2) is 0 Å². The first kappa shape index (κ1) is 11.5. The van der Waals surface area contributed by atoms with Gasteiger partial charge in [-0.2, -0.15) is 0 Å². The lowest BCUT2D eigenvalue weighted by Crippen LogP contribution is -2.22. The van der Waals surface area contributed by atoms with E-state index in [0.717, 1.165) is 15.7 Å². The maximum atomic E-state index is 9.12. The minimum absolute atomic E-state index is 0.220. The van der Waals surface area contributed by atoms with Crippen molar-refractivity contribution in [3.63, 3.8) is 0 Å². The molecule has 0 unspecified atom stereocenters. The van der Waals surface area contributed by atoms with Crippen LogP contribution in [-0.4, -0.2) is 29.5 Å². The Kier molecular flexibility index (Phi) is 4.38. The molecule has 14 heavy (non-hydrogen) atoms. The number of rotatable bonds is 4. The molecule has 1 aromatic rings. The van der Waals surface area contributed by atoms with E-state index < -0.39 is 6.10 Å². The van der Waals surface area contributed by atoms with Crippen molar-refractivity contribution in [2.75, 3.05) is 18.5 Å². The summed E-state index contributed by atoms with van der Waals surface area (Å²) in [4.78, 5) is 0. The Morgan fingerprint density at radius 1 is 1.50 bits per heavy atom. The fourth-order valence-electron chi connectivity index (χ4n) is 1.05. The summed E-state index contributed by atoms with van der Waals surface area (Å²) in [5, 5.41) is 20.8. The van der Waals surface area contributed by atoms with Crippen molar-refractivity contribution in [1.82, 2.24) is 0 Å². The summed E-state index contributed by atoms with van der Waals surface area (Å²) >= 11 is 3.41. The second-order valence-corrected chi connectivity index (χ2v) is 4.04. The van der Waals surface area contributed by atoms with Crippen molar-refractivity contribution in [3.8, 4) is 0 Å². The Hall–Kier alpha value is -0.580. The van der Waals surface area contributed by atoms with Gasteiger partial charge in [0.25, 0.3) is 0 Å². The highest BCUT2D eigenvalue weighted by Crippen LogP contribution is 2.19. The molecule has 1 aromatic carbocycles. The lowest BCUT2D eigenvalue weighted by molar-refractivity contribution is 0.105. The molecule has 0 fully saturated rings. The average molecular weight is 260 g/mol. The smallest absolute Gasteiger partial charge is 0.0942 e. The van der Waals surface area contributed by atoms with Gasteiger partial charge in [0.1, 0.15) is 0 Å². The van der Waals surface area contributed by atoms with Gasteiger partial charge < -0.3 is 15.5 Å². The van der Waals surface area contributed by atoms with Gasteiger partial charge >= 0.3 is 0 Å². The average Bonchev–Trinajstić information content (AvgIpc) is 2.19. The van der Waals surface area contributed by atoms with E-state index in [4.69, 9.17) is 10.2 Å². The first-order valence-electron chi connectivity index (χ1n) is 4.42. The number of aliphatic hydroxyl groups is 2. The predicted molar refractivity (Wildman–Crippen MR) is 60.5 cm³/mol. The van der Waals surface area contributed by atoms with E-state index >= 15 is 0 Å². The first-order chi connectivity index (χ1) is 6.63. The fraction of sp³-hybridized carbons (Fsp3) is 0.400. The maximum absolute atomic E-state index is 9.12. The molecule has 0 heterocycles. The molecular formula is C10H14BrNO2. The number of halogens is 1. The highest BCUT2D eigenvalue weighted by molar-refractivity contribution is 9.10. The van der Waals surface area contributed by atoms with Crippen molar-refractivity contribution in [1.29, 1.82) is 0 Å². The Labute approximate surface area is 91.9 Å². The first-order valence-corrected chi connectivity index (χ1v) is 5.21. The molecule has 0 bridgehead atoms. The van der Waals surface area contributed by atoms with Gasteiger partial charge in [0, 0.05) is 16.7 Å². The molecule has 0 aliphatic heterocycles. The fourth-order valence-corrected chi connectivity index (χ4v) is 1.30. The van der Waals surface area contributed by atoms with Crippen LogP contribution in [-0.2, 0) is 0 Å². The van der Waals surface area contributed by atoms with Crippen molar-refractivity contribution >= 4 is 21.6 Å². The van der Waals surface area contributed by atoms with Gasteiger partial charge in [-0.15, -0.1) is 0 Å². The number of hydrogen-bond acceptors (Lipinski definition) is 3. The van der Waals surface area contributed by atoms with E-state index in [9.17, 15) is 0 Å². The zero-order valence-electron chi connectivity index (χ0n) is 8.00. The van der Waals surface area contributed by atoms with Crippen molar-refractivity contribution < 1.29 is 10.2 Å². The summed E-state index contributed by atoms with van der Waals surface area (Å²) < 4.78 is 1.06. The monoisotopic (exact) mass is 259 g/mol.